The molecular formula is C18H29FN4O2. The van der Waals surface area contributed by atoms with Crippen molar-refractivity contribution in [3.8, 4) is 0 Å². The largest absolute Gasteiger partial charge is 0.382 e. The molecule has 0 radical (unpaired) electrons. The van der Waals surface area contributed by atoms with Gasteiger partial charge in [0.05, 0.1) is 0 Å². The van der Waals surface area contributed by atoms with Crippen molar-refractivity contribution in [3.05, 3.63) is 35.6 Å². The van der Waals surface area contributed by atoms with E-state index in [9.17, 15) is 9.18 Å². The first kappa shape index (κ1) is 20.9. The lowest BCUT2D eigenvalue weighted by atomic mass is 10.2. The maximum Gasteiger partial charge on any atom is 0.243 e. The van der Waals surface area contributed by atoms with E-state index in [-0.39, 0.29) is 18.3 Å². The van der Waals surface area contributed by atoms with Crippen molar-refractivity contribution in [2.24, 2.45) is 4.99 Å². The van der Waals surface area contributed by atoms with E-state index in [1.165, 1.54) is 17.0 Å². The van der Waals surface area contributed by atoms with Crippen LogP contribution in [-0.4, -0.2) is 69.1 Å². The van der Waals surface area contributed by atoms with Crippen LogP contribution in [0, 0.1) is 5.82 Å². The summed E-state index contributed by atoms with van der Waals surface area (Å²) in [6.07, 6.45) is 0.836. The van der Waals surface area contributed by atoms with Gasteiger partial charge in [-0.1, -0.05) is 12.1 Å². The van der Waals surface area contributed by atoms with E-state index < -0.39 is 0 Å². The predicted octanol–water partition coefficient (Wildman–Crippen LogP) is 1.72. The van der Waals surface area contributed by atoms with Crippen molar-refractivity contribution in [1.29, 1.82) is 0 Å². The zero-order valence-electron chi connectivity index (χ0n) is 15.6. The van der Waals surface area contributed by atoms with E-state index in [1.54, 1.807) is 20.2 Å². The van der Waals surface area contributed by atoms with Gasteiger partial charge in [-0.05, 0) is 31.0 Å². The van der Waals surface area contributed by atoms with Gasteiger partial charge in [0.2, 0.25) is 5.91 Å². The second-order valence-electron chi connectivity index (χ2n) is 5.89. The maximum absolute atomic E-state index is 13.4. The quantitative estimate of drug-likeness (QED) is 0.418. The Morgan fingerprint density at radius 2 is 2.08 bits per heavy atom. The molecule has 1 amide bonds. The molecule has 0 aliphatic rings. The second kappa shape index (κ2) is 11.4. The number of nitrogens with zero attached hydrogens (tertiary/aromatic N) is 3. The number of carbonyl (C=O) groups excluding carboxylic acids is 1. The van der Waals surface area contributed by atoms with Crippen LogP contribution in [0.3, 0.4) is 0 Å². The Hall–Kier alpha value is -2.15. The van der Waals surface area contributed by atoms with Crippen LogP contribution in [0.15, 0.2) is 29.3 Å². The number of benzene rings is 1. The van der Waals surface area contributed by atoms with E-state index in [4.69, 9.17) is 4.74 Å². The molecule has 1 aromatic rings. The third-order valence-electron chi connectivity index (χ3n) is 3.49. The third-order valence-corrected chi connectivity index (χ3v) is 3.49. The van der Waals surface area contributed by atoms with Crippen LogP contribution < -0.4 is 5.32 Å². The standard InChI is InChI=1S/C18H29FN4O2/c1-5-25-11-7-10-20-18(21-13-17(24)22(2)3)23(4)14-15-8-6-9-16(19)12-15/h6,8-9,12H,5,7,10-11,13-14H2,1-4H3,(H,20,21). The number of guanidine groups is 1. The molecule has 1 aromatic carbocycles. The van der Waals surface area contributed by atoms with Crippen LogP contribution in [0.1, 0.15) is 18.9 Å². The Labute approximate surface area is 149 Å². The molecule has 0 fully saturated rings. The van der Waals surface area contributed by atoms with E-state index >= 15 is 0 Å². The van der Waals surface area contributed by atoms with Crippen LogP contribution in [0.25, 0.3) is 0 Å². The summed E-state index contributed by atoms with van der Waals surface area (Å²) in [5.41, 5.74) is 0.838. The van der Waals surface area contributed by atoms with Crippen molar-refractivity contribution in [1.82, 2.24) is 15.1 Å². The van der Waals surface area contributed by atoms with E-state index in [1.807, 2.05) is 24.9 Å². The van der Waals surface area contributed by atoms with Crippen molar-refractivity contribution in [2.45, 2.75) is 19.9 Å². The normalized spacial score (nSPS) is 11.3. The van der Waals surface area contributed by atoms with Gasteiger partial charge in [-0.3, -0.25) is 4.79 Å². The molecule has 0 aliphatic heterocycles. The second-order valence-corrected chi connectivity index (χ2v) is 5.89. The minimum atomic E-state index is -0.267. The monoisotopic (exact) mass is 352 g/mol. The molecular weight excluding hydrogens is 323 g/mol. The molecule has 0 aromatic heterocycles. The number of ether oxygens (including phenoxy) is 1. The molecule has 0 atom stereocenters. The fourth-order valence-electron chi connectivity index (χ4n) is 2.10. The first-order valence-corrected chi connectivity index (χ1v) is 8.45. The van der Waals surface area contributed by atoms with Crippen molar-refractivity contribution < 1.29 is 13.9 Å². The molecule has 0 saturated carbocycles. The zero-order valence-corrected chi connectivity index (χ0v) is 15.6. The molecule has 0 saturated heterocycles. The summed E-state index contributed by atoms with van der Waals surface area (Å²) in [6.45, 7) is 4.56. The number of aliphatic imine (C=N–C) groups is 1. The number of halogens is 1. The highest BCUT2D eigenvalue weighted by atomic mass is 19.1. The first-order chi connectivity index (χ1) is 11.9. The number of likely N-dealkylation sites (N-methyl/N-ethyl adjacent to an activating group) is 1. The van der Waals surface area contributed by atoms with E-state index in [0.29, 0.717) is 32.3 Å². The number of amides is 1. The van der Waals surface area contributed by atoms with Crippen LogP contribution in [0.4, 0.5) is 4.39 Å². The number of hydrogen-bond acceptors (Lipinski definition) is 3. The fourth-order valence-corrected chi connectivity index (χ4v) is 2.10. The van der Waals surface area contributed by atoms with Gasteiger partial charge < -0.3 is 19.9 Å². The fraction of sp³-hybridized carbons (Fsp3) is 0.556. The lowest BCUT2D eigenvalue weighted by Gasteiger charge is -2.23. The van der Waals surface area contributed by atoms with Gasteiger partial charge in [0, 0.05) is 47.4 Å². The molecule has 0 spiro atoms. The highest BCUT2D eigenvalue weighted by molar-refractivity contribution is 5.84. The minimum absolute atomic E-state index is 0.0638. The van der Waals surface area contributed by atoms with Gasteiger partial charge in [-0.2, -0.15) is 0 Å². The van der Waals surface area contributed by atoms with Gasteiger partial charge in [-0.15, -0.1) is 0 Å². The molecule has 6 nitrogen and oxygen atoms in total. The van der Waals surface area contributed by atoms with Crippen LogP contribution in [0.5, 0.6) is 0 Å². The molecule has 0 unspecified atom stereocenters. The summed E-state index contributed by atoms with van der Waals surface area (Å²) in [5, 5.41) is 3.24. The molecule has 25 heavy (non-hydrogen) atoms. The van der Waals surface area contributed by atoms with Crippen LogP contribution in [-0.2, 0) is 16.1 Å². The van der Waals surface area contributed by atoms with Gasteiger partial charge >= 0.3 is 0 Å². The van der Waals surface area contributed by atoms with Crippen molar-refractivity contribution >= 4 is 11.9 Å². The predicted molar refractivity (Wildman–Crippen MR) is 98.0 cm³/mol. The highest BCUT2D eigenvalue weighted by Crippen LogP contribution is 2.06. The summed E-state index contributed by atoms with van der Waals surface area (Å²) in [6, 6.07) is 6.45. The maximum atomic E-state index is 13.4. The Bertz CT molecular complexity index is 564. The molecule has 1 N–H and O–H groups in total. The van der Waals surface area contributed by atoms with Gasteiger partial charge in [0.25, 0.3) is 0 Å². The summed E-state index contributed by atoms with van der Waals surface area (Å²) in [5.74, 6) is 0.264. The molecule has 140 valence electrons. The Balaban J connectivity index is 2.70. The Morgan fingerprint density at radius 1 is 1.32 bits per heavy atom. The van der Waals surface area contributed by atoms with Crippen LogP contribution >= 0.6 is 0 Å². The smallest absolute Gasteiger partial charge is 0.243 e. The summed E-state index contributed by atoms with van der Waals surface area (Å²) < 4.78 is 18.7. The average molecular weight is 352 g/mol. The molecule has 7 heteroatoms. The SMILES string of the molecule is CCOCCCNC(=NCC(=O)N(C)C)N(C)Cc1cccc(F)c1. The molecule has 1 rings (SSSR count). The number of carbonyl (C=O) groups is 1. The topological polar surface area (TPSA) is 57.2 Å². The number of rotatable bonds is 9. The van der Waals surface area contributed by atoms with Crippen molar-refractivity contribution in [3.63, 3.8) is 0 Å². The van der Waals surface area contributed by atoms with Crippen molar-refractivity contribution in [2.75, 3.05) is 47.4 Å². The average Bonchev–Trinajstić information content (AvgIpc) is 2.56. The minimum Gasteiger partial charge on any atom is -0.382 e. The number of nitrogens with one attached hydrogen (secondary N) is 1. The lowest BCUT2D eigenvalue weighted by molar-refractivity contribution is -0.127. The third kappa shape index (κ3) is 8.49. The van der Waals surface area contributed by atoms with Gasteiger partial charge in [0.15, 0.2) is 5.96 Å². The van der Waals surface area contributed by atoms with E-state index in [2.05, 4.69) is 10.3 Å². The van der Waals surface area contributed by atoms with Gasteiger partial charge in [0.1, 0.15) is 12.4 Å². The lowest BCUT2D eigenvalue weighted by Crippen LogP contribution is -2.40. The van der Waals surface area contributed by atoms with Crippen LogP contribution in [0.2, 0.25) is 0 Å². The Morgan fingerprint density at radius 3 is 2.72 bits per heavy atom. The Kier molecular flexibility index (Phi) is 9.54. The summed E-state index contributed by atoms with van der Waals surface area (Å²) in [7, 11) is 5.26. The highest BCUT2D eigenvalue weighted by Gasteiger charge is 2.10. The van der Waals surface area contributed by atoms with E-state index in [0.717, 1.165) is 12.0 Å². The molecule has 0 aliphatic carbocycles. The first-order valence-electron chi connectivity index (χ1n) is 8.45. The van der Waals surface area contributed by atoms with Gasteiger partial charge in [-0.25, -0.2) is 9.38 Å². The number of hydrogen-bond donors (Lipinski definition) is 1. The summed E-state index contributed by atoms with van der Waals surface area (Å²) in [4.78, 5) is 19.6. The molecule has 0 heterocycles. The summed E-state index contributed by atoms with van der Waals surface area (Å²) >= 11 is 0. The zero-order chi connectivity index (χ0) is 18.7. The molecule has 0 bridgehead atoms.